The maximum absolute atomic E-state index is 6.45. The summed E-state index contributed by atoms with van der Waals surface area (Å²) >= 11 is 6.45. The van der Waals surface area contributed by atoms with Gasteiger partial charge in [0.2, 0.25) is 0 Å². The van der Waals surface area contributed by atoms with Crippen LogP contribution in [0.5, 0.6) is 0 Å². The van der Waals surface area contributed by atoms with E-state index in [2.05, 4.69) is 31.7 Å². The fourth-order valence-electron chi connectivity index (χ4n) is 2.29. The average Bonchev–Trinajstić information content (AvgIpc) is 2.41. The number of halogens is 1. The highest BCUT2D eigenvalue weighted by atomic mass is 35.5. The molecule has 0 spiro atoms. The standard InChI is InChI=1S/C16H27ClN2O/c1-5-14(18)11-13-7-6-8-15(17)16(13)19(12(2)3)9-10-20-4/h6-8,12,14H,5,9-11,18H2,1-4H3. The Morgan fingerprint density at radius 2 is 2.05 bits per heavy atom. The van der Waals surface area contributed by atoms with E-state index in [1.807, 2.05) is 12.1 Å². The molecular weight excluding hydrogens is 272 g/mol. The van der Waals surface area contributed by atoms with Gasteiger partial charge in [0.15, 0.2) is 0 Å². The molecule has 0 saturated carbocycles. The van der Waals surface area contributed by atoms with Gasteiger partial charge in [-0.3, -0.25) is 0 Å². The third-order valence-corrected chi connectivity index (χ3v) is 3.83. The number of hydrogen-bond donors (Lipinski definition) is 1. The first-order valence-electron chi connectivity index (χ1n) is 7.29. The molecule has 20 heavy (non-hydrogen) atoms. The quantitative estimate of drug-likeness (QED) is 0.798. The first-order chi connectivity index (χ1) is 9.51. The molecule has 0 aliphatic heterocycles. The zero-order valence-corrected chi connectivity index (χ0v) is 13.8. The van der Waals surface area contributed by atoms with E-state index in [4.69, 9.17) is 22.1 Å². The van der Waals surface area contributed by atoms with E-state index < -0.39 is 0 Å². The third kappa shape index (κ3) is 4.65. The van der Waals surface area contributed by atoms with Gasteiger partial charge in [0.1, 0.15) is 0 Å². The minimum absolute atomic E-state index is 0.170. The van der Waals surface area contributed by atoms with Crippen LogP contribution in [0.2, 0.25) is 5.02 Å². The molecule has 1 unspecified atom stereocenters. The Bertz CT molecular complexity index is 409. The van der Waals surface area contributed by atoms with E-state index in [9.17, 15) is 0 Å². The van der Waals surface area contributed by atoms with Gasteiger partial charge in [-0.1, -0.05) is 30.7 Å². The number of hydrogen-bond acceptors (Lipinski definition) is 3. The third-order valence-electron chi connectivity index (χ3n) is 3.52. The molecule has 3 nitrogen and oxygen atoms in total. The van der Waals surface area contributed by atoms with Gasteiger partial charge in [-0.2, -0.15) is 0 Å². The van der Waals surface area contributed by atoms with Crippen LogP contribution >= 0.6 is 11.6 Å². The summed E-state index contributed by atoms with van der Waals surface area (Å²) in [4.78, 5) is 2.30. The van der Waals surface area contributed by atoms with Gasteiger partial charge in [-0.05, 0) is 38.3 Å². The van der Waals surface area contributed by atoms with Crippen molar-refractivity contribution in [2.24, 2.45) is 5.73 Å². The number of para-hydroxylation sites is 1. The summed E-state index contributed by atoms with van der Waals surface area (Å²) in [5.74, 6) is 0. The van der Waals surface area contributed by atoms with Crippen molar-refractivity contribution in [2.45, 2.75) is 45.7 Å². The first-order valence-corrected chi connectivity index (χ1v) is 7.67. The molecule has 114 valence electrons. The average molecular weight is 299 g/mol. The van der Waals surface area contributed by atoms with E-state index in [1.165, 1.54) is 5.56 Å². The lowest BCUT2D eigenvalue weighted by Gasteiger charge is -2.32. The molecule has 1 aromatic rings. The predicted molar refractivity (Wildman–Crippen MR) is 87.8 cm³/mol. The summed E-state index contributed by atoms with van der Waals surface area (Å²) in [7, 11) is 1.72. The predicted octanol–water partition coefficient (Wildman–Crippen LogP) is 3.48. The summed E-state index contributed by atoms with van der Waals surface area (Å²) < 4.78 is 5.22. The van der Waals surface area contributed by atoms with Gasteiger partial charge in [0.05, 0.1) is 17.3 Å². The fourth-order valence-corrected chi connectivity index (χ4v) is 2.59. The molecule has 0 bridgehead atoms. The minimum atomic E-state index is 0.170. The van der Waals surface area contributed by atoms with Crippen LogP contribution in [0, 0.1) is 0 Å². The largest absolute Gasteiger partial charge is 0.383 e. The number of benzene rings is 1. The van der Waals surface area contributed by atoms with Crippen LogP contribution in [0.3, 0.4) is 0 Å². The van der Waals surface area contributed by atoms with E-state index in [0.717, 1.165) is 30.1 Å². The van der Waals surface area contributed by atoms with Crippen LogP contribution in [0.4, 0.5) is 5.69 Å². The molecule has 0 aromatic heterocycles. The minimum Gasteiger partial charge on any atom is -0.383 e. The van der Waals surface area contributed by atoms with Crippen molar-refractivity contribution in [3.05, 3.63) is 28.8 Å². The summed E-state index contributed by atoms with van der Waals surface area (Å²) in [5.41, 5.74) is 8.44. The van der Waals surface area contributed by atoms with Crippen molar-refractivity contribution in [1.29, 1.82) is 0 Å². The normalized spacial score (nSPS) is 12.8. The van der Waals surface area contributed by atoms with Crippen LogP contribution in [-0.2, 0) is 11.2 Å². The number of ether oxygens (including phenoxy) is 1. The highest BCUT2D eigenvalue weighted by Crippen LogP contribution is 2.32. The van der Waals surface area contributed by atoms with Gasteiger partial charge in [-0.25, -0.2) is 0 Å². The van der Waals surface area contributed by atoms with E-state index in [-0.39, 0.29) is 6.04 Å². The highest BCUT2D eigenvalue weighted by Gasteiger charge is 2.18. The van der Waals surface area contributed by atoms with E-state index in [0.29, 0.717) is 12.6 Å². The van der Waals surface area contributed by atoms with Crippen molar-refractivity contribution < 1.29 is 4.74 Å². The van der Waals surface area contributed by atoms with Crippen molar-refractivity contribution in [3.8, 4) is 0 Å². The van der Waals surface area contributed by atoms with Crippen LogP contribution < -0.4 is 10.6 Å². The van der Waals surface area contributed by atoms with Gasteiger partial charge >= 0.3 is 0 Å². The molecule has 0 heterocycles. The molecule has 1 rings (SSSR count). The van der Waals surface area contributed by atoms with Crippen molar-refractivity contribution >= 4 is 17.3 Å². The summed E-state index contributed by atoms with van der Waals surface area (Å²) in [6.07, 6.45) is 1.81. The molecule has 0 aliphatic carbocycles. The molecule has 1 aromatic carbocycles. The Morgan fingerprint density at radius 3 is 2.60 bits per heavy atom. The topological polar surface area (TPSA) is 38.5 Å². The first kappa shape index (κ1) is 17.3. The Morgan fingerprint density at radius 1 is 1.35 bits per heavy atom. The summed E-state index contributed by atoms with van der Waals surface area (Å²) in [6.45, 7) is 7.96. The SMILES string of the molecule is CCC(N)Cc1cccc(Cl)c1N(CCOC)C(C)C. The van der Waals surface area contributed by atoms with Crippen LogP contribution in [0.15, 0.2) is 18.2 Å². The fraction of sp³-hybridized carbons (Fsp3) is 0.625. The summed E-state index contributed by atoms with van der Waals surface area (Å²) in [5, 5.41) is 0.788. The molecule has 0 aliphatic rings. The second kappa shape index (κ2) is 8.50. The monoisotopic (exact) mass is 298 g/mol. The number of methoxy groups -OCH3 is 1. The lowest BCUT2D eigenvalue weighted by atomic mass is 10.0. The number of nitrogens with two attached hydrogens (primary N) is 1. The van der Waals surface area contributed by atoms with Crippen LogP contribution in [0.1, 0.15) is 32.8 Å². The second-order valence-electron chi connectivity index (χ2n) is 5.40. The van der Waals surface area contributed by atoms with Gasteiger partial charge in [-0.15, -0.1) is 0 Å². The van der Waals surface area contributed by atoms with Crippen molar-refractivity contribution in [2.75, 3.05) is 25.2 Å². The Balaban J connectivity index is 3.10. The molecule has 0 radical (unpaired) electrons. The van der Waals surface area contributed by atoms with E-state index in [1.54, 1.807) is 7.11 Å². The number of anilines is 1. The summed E-state index contributed by atoms with van der Waals surface area (Å²) in [6, 6.07) is 6.60. The molecule has 0 saturated heterocycles. The Hall–Kier alpha value is -0.770. The van der Waals surface area contributed by atoms with Gasteiger partial charge in [0.25, 0.3) is 0 Å². The second-order valence-corrected chi connectivity index (χ2v) is 5.81. The molecule has 1 atom stereocenters. The zero-order valence-electron chi connectivity index (χ0n) is 13.0. The van der Waals surface area contributed by atoms with Gasteiger partial charge in [0, 0.05) is 25.7 Å². The Labute approximate surface area is 128 Å². The van der Waals surface area contributed by atoms with E-state index >= 15 is 0 Å². The molecule has 0 amide bonds. The maximum Gasteiger partial charge on any atom is 0.0642 e. The lowest BCUT2D eigenvalue weighted by Crippen LogP contribution is -2.35. The molecule has 2 N–H and O–H groups in total. The number of rotatable bonds is 8. The Kier molecular flexibility index (Phi) is 7.35. The molecule has 4 heteroatoms. The lowest BCUT2D eigenvalue weighted by molar-refractivity contribution is 0.204. The smallest absolute Gasteiger partial charge is 0.0642 e. The molecule has 0 fully saturated rings. The zero-order chi connectivity index (χ0) is 15.1. The highest BCUT2D eigenvalue weighted by molar-refractivity contribution is 6.33. The number of nitrogens with zero attached hydrogens (tertiary/aromatic N) is 1. The van der Waals surface area contributed by atoms with Crippen molar-refractivity contribution in [1.82, 2.24) is 0 Å². The van der Waals surface area contributed by atoms with Crippen LogP contribution in [-0.4, -0.2) is 32.3 Å². The van der Waals surface area contributed by atoms with Gasteiger partial charge < -0.3 is 15.4 Å². The maximum atomic E-state index is 6.45. The molecular formula is C16H27ClN2O. The van der Waals surface area contributed by atoms with Crippen LogP contribution in [0.25, 0.3) is 0 Å². The van der Waals surface area contributed by atoms with Crippen molar-refractivity contribution in [3.63, 3.8) is 0 Å².